The van der Waals surface area contributed by atoms with Crippen LogP contribution < -0.4 is 0 Å². The Labute approximate surface area is 105 Å². The van der Waals surface area contributed by atoms with Crippen molar-refractivity contribution in [2.24, 2.45) is 0 Å². The molecule has 0 fully saturated rings. The first-order chi connectivity index (χ1) is 8.58. The van der Waals surface area contributed by atoms with E-state index in [9.17, 15) is 14.0 Å². The standard InChI is InChI=1S/C13H16FNO3/c1-3-15(8-7-12(16)18-2)13(17)10-5-4-6-11(14)9-10/h4-6,9H,3,7-8H2,1-2H3. The zero-order valence-electron chi connectivity index (χ0n) is 10.5. The highest BCUT2D eigenvalue weighted by Crippen LogP contribution is 2.08. The second-order valence-corrected chi connectivity index (χ2v) is 3.72. The Hall–Kier alpha value is -1.91. The van der Waals surface area contributed by atoms with Crippen LogP contribution >= 0.6 is 0 Å². The summed E-state index contributed by atoms with van der Waals surface area (Å²) in [4.78, 5) is 24.5. The minimum atomic E-state index is -0.454. The van der Waals surface area contributed by atoms with Gasteiger partial charge in [-0.25, -0.2) is 4.39 Å². The fourth-order valence-electron chi connectivity index (χ4n) is 1.54. The van der Waals surface area contributed by atoms with Gasteiger partial charge in [0, 0.05) is 18.7 Å². The maximum atomic E-state index is 13.0. The van der Waals surface area contributed by atoms with E-state index in [0.717, 1.165) is 0 Å². The first-order valence-corrected chi connectivity index (χ1v) is 5.70. The van der Waals surface area contributed by atoms with Crippen molar-refractivity contribution in [2.45, 2.75) is 13.3 Å². The van der Waals surface area contributed by atoms with Crippen LogP contribution in [0.4, 0.5) is 4.39 Å². The predicted molar refractivity (Wildman–Crippen MR) is 64.6 cm³/mol. The van der Waals surface area contributed by atoms with Gasteiger partial charge < -0.3 is 9.64 Å². The highest BCUT2D eigenvalue weighted by atomic mass is 19.1. The van der Waals surface area contributed by atoms with Crippen LogP contribution in [0.25, 0.3) is 0 Å². The molecule has 98 valence electrons. The summed E-state index contributed by atoms with van der Waals surface area (Å²) in [6.45, 7) is 2.51. The molecule has 4 nitrogen and oxygen atoms in total. The van der Waals surface area contributed by atoms with E-state index in [1.165, 1.54) is 30.2 Å². The van der Waals surface area contributed by atoms with E-state index in [-0.39, 0.29) is 30.4 Å². The molecule has 18 heavy (non-hydrogen) atoms. The number of halogens is 1. The van der Waals surface area contributed by atoms with Gasteiger partial charge in [0.2, 0.25) is 0 Å². The molecular weight excluding hydrogens is 237 g/mol. The fourth-order valence-corrected chi connectivity index (χ4v) is 1.54. The number of rotatable bonds is 5. The molecule has 1 amide bonds. The molecule has 5 heteroatoms. The van der Waals surface area contributed by atoms with Crippen LogP contribution in [0.5, 0.6) is 0 Å². The number of hydrogen-bond donors (Lipinski definition) is 0. The van der Waals surface area contributed by atoms with Gasteiger partial charge >= 0.3 is 5.97 Å². The largest absolute Gasteiger partial charge is 0.469 e. The molecule has 0 saturated carbocycles. The van der Waals surface area contributed by atoms with Gasteiger partial charge in [0.05, 0.1) is 13.5 Å². The molecule has 0 aliphatic rings. The van der Waals surface area contributed by atoms with Crippen LogP contribution in [-0.2, 0) is 9.53 Å². The highest BCUT2D eigenvalue weighted by molar-refractivity contribution is 5.94. The van der Waals surface area contributed by atoms with Gasteiger partial charge in [-0.15, -0.1) is 0 Å². The summed E-state index contributed by atoms with van der Waals surface area (Å²) in [5.74, 6) is -1.12. The van der Waals surface area contributed by atoms with Crippen molar-refractivity contribution in [3.8, 4) is 0 Å². The summed E-state index contributed by atoms with van der Waals surface area (Å²) >= 11 is 0. The number of benzene rings is 1. The second kappa shape index (κ2) is 6.74. The van der Waals surface area contributed by atoms with Crippen LogP contribution in [0, 0.1) is 5.82 Å². The molecule has 0 aliphatic carbocycles. The molecule has 1 rings (SSSR count). The van der Waals surface area contributed by atoms with E-state index in [1.807, 2.05) is 0 Å². The maximum absolute atomic E-state index is 13.0. The molecule has 0 aliphatic heterocycles. The Morgan fingerprint density at radius 2 is 2.11 bits per heavy atom. The molecule has 1 aromatic carbocycles. The molecule has 0 heterocycles. The van der Waals surface area contributed by atoms with Crippen LogP contribution in [0.3, 0.4) is 0 Å². The lowest BCUT2D eigenvalue weighted by Crippen LogP contribution is -2.33. The molecule has 0 radical (unpaired) electrons. The third-order valence-electron chi connectivity index (χ3n) is 2.55. The van der Waals surface area contributed by atoms with Gasteiger partial charge in [-0.05, 0) is 25.1 Å². The van der Waals surface area contributed by atoms with E-state index in [0.29, 0.717) is 6.54 Å². The van der Waals surface area contributed by atoms with Crippen molar-refractivity contribution < 1.29 is 18.7 Å². The number of amides is 1. The van der Waals surface area contributed by atoms with E-state index in [2.05, 4.69) is 4.74 Å². The molecule has 1 aromatic rings. The Morgan fingerprint density at radius 1 is 1.39 bits per heavy atom. The summed E-state index contributed by atoms with van der Waals surface area (Å²) in [6, 6.07) is 5.49. The molecule has 0 atom stereocenters. The number of methoxy groups -OCH3 is 1. The molecule has 0 spiro atoms. The summed E-state index contributed by atoms with van der Waals surface area (Å²) in [5, 5.41) is 0. The minimum Gasteiger partial charge on any atom is -0.469 e. The average Bonchev–Trinajstić information content (AvgIpc) is 2.38. The maximum Gasteiger partial charge on any atom is 0.307 e. The number of esters is 1. The van der Waals surface area contributed by atoms with Crippen LogP contribution in [0.2, 0.25) is 0 Å². The molecule has 0 aromatic heterocycles. The van der Waals surface area contributed by atoms with Gasteiger partial charge in [-0.3, -0.25) is 9.59 Å². The molecule has 0 bridgehead atoms. The third kappa shape index (κ3) is 3.84. The SMILES string of the molecule is CCN(CCC(=O)OC)C(=O)c1cccc(F)c1. The third-order valence-corrected chi connectivity index (χ3v) is 2.55. The molecule has 0 saturated heterocycles. The molecular formula is C13H16FNO3. The first-order valence-electron chi connectivity index (χ1n) is 5.70. The number of carbonyl (C=O) groups is 2. The Bertz CT molecular complexity index is 434. The average molecular weight is 253 g/mol. The second-order valence-electron chi connectivity index (χ2n) is 3.72. The highest BCUT2D eigenvalue weighted by Gasteiger charge is 2.15. The van der Waals surface area contributed by atoms with Gasteiger partial charge in [0.15, 0.2) is 0 Å². The Balaban J connectivity index is 2.70. The number of ether oxygens (including phenoxy) is 1. The van der Waals surface area contributed by atoms with Crippen LogP contribution in [-0.4, -0.2) is 37.0 Å². The van der Waals surface area contributed by atoms with Gasteiger partial charge in [0.25, 0.3) is 5.91 Å². The van der Waals surface area contributed by atoms with Crippen molar-refractivity contribution >= 4 is 11.9 Å². The molecule has 0 unspecified atom stereocenters. The van der Waals surface area contributed by atoms with Crippen molar-refractivity contribution in [3.63, 3.8) is 0 Å². The fraction of sp³-hybridized carbons (Fsp3) is 0.385. The van der Waals surface area contributed by atoms with E-state index in [1.54, 1.807) is 13.0 Å². The lowest BCUT2D eigenvalue weighted by molar-refractivity contribution is -0.140. The predicted octanol–water partition coefficient (Wildman–Crippen LogP) is 1.85. The Morgan fingerprint density at radius 3 is 2.67 bits per heavy atom. The van der Waals surface area contributed by atoms with Crippen molar-refractivity contribution in [1.82, 2.24) is 4.90 Å². The smallest absolute Gasteiger partial charge is 0.307 e. The van der Waals surface area contributed by atoms with E-state index >= 15 is 0 Å². The normalized spacial score (nSPS) is 9.94. The topological polar surface area (TPSA) is 46.6 Å². The van der Waals surface area contributed by atoms with E-state index < -0.39 is 5.82 Å². The molecule has 0 N–H and O–H groups in total. The van der Waals surface area contributed by atoms with Crippen LogP contribution in [0.1, 0.15) is 23.7 Å². The lowest BCUT2D eigenvalue weighted by Gasteiger charge is -2.20. The zero-order valence-corrected chi connectivity index (χ0v) is 10.5. The quantitative estimate of drug-likeness (QED) is 0.752. The summed E-state index contributed by atoms with van der Waals surface area (Å²) in [5.41, 5.74) is 0.279. The minimum absolute atomic E-state index is 0.130. The number of carbonyl (C=O) groups excluding carboxylic acids is 2. The Kier molecular flexibility index (Phi) is 5.30. The monoisotopic (exact) mass is 253 g/mol. The summed E-state index contributed by atoms with van der Waals surface area (Å²) < 4.78 is 17.5. The summed E-state index contributed by atoms with van der Waals surface area (Å²) in [7, 11) is 1.30. The van der Waals surface area contributed by atoms with Gasteiger partial charge in [0.1, 0.15) is 5.82 Å². The van der Waals surface area contributed by atoms with Gasteiger partial charge in [-0.1, -0.05) is 6.07 Å². The van der Waals surface area contributed by atoms with Crippen LogP contribution in [0.15, 0.2) is 24.3 Å². The first kappa shape index (κ1) is 14.2. The van der Waals surface area contributed by atoms with Gasteiger partial charge in [-0.2, -0.15) is 0 Å². The number of nitrogens with zero attached hydrogens (tertiary/aromatic N) is 1. The lowest BCUT2D eigenvalue weighted by atomic mass is 10.2. The number of hydrogen-bond acceptors (Lipinski definition) is 3. The zero-order chi connectivity index (χ0) is 13.5. The van der Waals surface area contributed by atoms with Crippen molar-refractivity contribution in [1.29, 1.82) is 0 Å². The van der Waals surface area contributed by atoms with Crippen molar-refractivity contribution in [3.05, 3.63) is 35.6 Å². The summed E-state index contributed by atoms with van der Waals surface area (Å²) in [6.07, 6.45) is 0.130. The van der Waals surface area contributed by atoms with E-state index in [4.69, 9.17) is 0 Å². The van der Waals surface area contributed by atoms with Crippen molar-refractivity contribution in [2.75, 3.05) is 20.2 Å².